The predicted octanol–water partition coefficient (Wildman–Crippen LogP) is 5.40. The second kappa shape index (κ2) is 11.7. The number of anilines is 3. The van der Waals surface area contributed by atoms with Gasteiger partial charge in [-0.1, -0.05) is 0 Å². The molecule has 0 saturated carbocycles. The fourth-order valence-electron chi connectivity index (χ4n) is 4.13. The maximum Gasteiger partial charge on any atom is 0.263 e. The molecule has 6 nitrogen and oxygen atoms in total. The highest BCUT2D eigenvalue weighted by Gasteiger charge is 2.32. The van der Waals surface area contributed by atoms with Gasteiger partial charge in [0.15, 0.2) is 45.8 Å². The van der Waals surface area contributed by atoms with Crippen LogP contribution in [0.5, 0.6) is 5.75 Å². The van der Waals surface area contributed by atoms with Gasteiger partial charge >= 0.3 is 0 Å². The van der Waals surface area contributed by atoms with Crippen molar-refractivity contribution in [3.63, 3.8) is 0 Å². The number of thiocarbonyl (C=S) groups is 1. The zero-order chi connectivity index (χ0) is 30.2. The van der Waals surface area contributed by atoms with Crippen LogP contribution in [0.3, 0.4) is 0 Å². The number of methoxy groups -OCH3 is 1. The highest BCUT2D eigenvalue weighted by molar-refractivity contribution is 7.80. The molecule has 3 aromatic carbocycles. The van der Waals surface area contributed by atoms with E-state index >= 15 is 0 Å². The van der Waals surface area contributed by atoms with Gasteiger partial charge in [0.1, 0.15) is 11.3 Å². The molecule has 1 fully saturated rings. The normalized spacial score (nSPS) is 13.3. The first-order valence-electron chi connectivity index (χ1n) is 11.5. The Morgan fingerprint density at radius 3 is 1.66 bits per heavy atom. The van der Waals surface area contributed by atoms with Gasteiger partial charge < -0.3 is 19.9 Å². The number of carbonyl (C=O) groups is 1. The van der Waals surface area contributed by atoms with Crippen LogP contribution in [-0.4, -0.2) is 44.3 Å². The molecule has 0 radical (unpaired) electrons. The Balaban J connectivity index is 1.38. The fourth-order valence-corrected chi connectivity index (χ4v) is 4.34. The molecule has 16 heteroatoms. The molecule has 0 unspecified atom stereocenters. The van der Waals surface area contributed by atoms with Crippen LogP contribution in [0.1, 0.15) is 10.4 Å². The molecule has 0 aliphatic carbocycles. The maximum atomic E-state index is 14.2. The van der Waals surface area contributed by atoms with Crippen LogP contribution >= 0.6 is 12.2 Å². The highest BCUT2D eigenvalue weighted by Crippen LogP contribution is 2.32. The molecule has 1 aliphatic heterocycles. The third-order valence-corrected chi connectivity index (χ3v) is 6.36. The van der Waals surface area contributed by atoms with Gasteiger partial charge in [0.25, 0.3) is 5.91 Å². The van der Waals surface area contributed by atoms with Crippen LogP contribution in [0.2, 0.25) is 0 Å². The van der Waals surface area contributed by atoms with Gasteiger partial charge in [-0.2, -0.15) is 8.78 Å². The summed E-state index contributed by atoms with van der Waals surface area (Å²) in [7, 11) is 0.783. The third-order valence-electron chi connectivity index (χ3n) is 6.15. The molecule has 0 atom stereocenters. The van der Waals surface area contributed by atoms with Gasteiger partial charge in [-0.3, -0.25) is 10.1 Å². The first-order valence-corrected chi connectivity index (χ1v) is 11.9. The SMILES string of the molecule is COc1c(F)c(F)c(C(=O)NC(=S)Nc2ccc(N3CCN(c4c(F)c(F)c(F)c(F)c4F)CC3)cc2)c(F)c1F. The summed E-state index contributed by atoms with van der Waals surface area (Å²) < 4.78 is 129. The van der Waals surface area contributed by atoms with E-state index in [1.165, 1.54) is 12.1 Å². The lowest BCUT2D eigenvalue weighted by molar-refractivity contribution is 0.0966. The van der Waals surface area contributed by atoms with Gasteiger partial charge in [-0.05, 0) is 36.5 Å². The topological polar surface area (TPSA) is 56.8 Å². The number of hydrogen-bond donors (Lipinski definition) is 2. The zero-order valence-corrected chi connectivity index (χ0v) is 21.5. The van der Waals surface area contributed by atoms with E-state index in [9.17, 15) is 44.3 Å². The standard InChI is InChI=1S/C25H17F9N4O2S/c1-40-23-20(33)13(26)12(14(27)21(23)34)24(39)36-25(41)35-10-2-4-11(5-3-10)37-6-8-38(9-7-37)22-18(31)16(29)15(28)17(30)19(22)32/h2-5H,6-9H2,1H3,(H2,35,36,39,41). The van der Waals surface area contributed by atoms with Crippen LogP contribution in [0.4, 0.5) is 56.6 Å². The Kier molecular flexibility index (Phi) is 8.51. The van der Waals surface area contributed by atoms with E-state index in [4.69, 9.17) is 12.2 Å². The van der Waals surface area contributed by atoms with Gasteiger partial charge in [-0.25, -0.2) is 30.7 Å². The molecule has 2 N–H and O–H groups in total. The van der Waals surface area contributed by atoms with E-state index in [0.29, 0.717) is 5.69 Å². The van der Waals surface area contributed by atoms with Gasteiger partial charge in [-0.15, -0.1) is 0 Å². The van der Waals surface area contributed by atoms with E-state index in [1.54, 1.807) is 17.0 Å². The minimum atomic E-state index is -2.24. The molecule has 1 amide bonds. The average Bonchev–Trinajstić information content (AvgIpc) is 2.95. The molecular formula is C25H17F9N4O2S. The second-order valence-electron chi connectivity index (χ2n) is 8.51. The number of piperazine rings is 1. The predicted molar refractivity (Wildman–Crippen MR) is 134 cm³/mol. The van der Waals surface area contributed by atoms with E-state index < -0.39 is 80.4 Å². The van der Waals surface area contributed by atoms with Crippen LogP contribution in [0.25, 0.3) is 0 Å². The molecule has 0 bridgehead atoms. The van der Waals surface area contributed by atoms with Gasteiger partial charge in [0, 0.05) is 37.6 Å². The largest absolute Gasteiger partial charge is 0.491 e. The zero-order valence-electron chi connectivity index (χ0n) is 20.7. The van der Waals surface area contributed by atoms with Crippen molar-refractivity contribution in [2.75, 3.05) is 48.4 Å². The number of amides is 1. The summed E-state index contributed by atoms with van der Waals surface area (Å²) in [5.74, 6) is -20.8. The average molecular weight is 608 g/mol. The molecule has 0 spiro atoms. The van der Waals surface area contributed by atoms with E-state index in [-0.39, 0.29) is 31.9 Å². The summed E-state index contributed by atoms with van der Waals surface area (Å²) in [5.41, 5.74) is -1.66. The van der Waals surface area contributed by atoms with E-state index in [1.807, 2.05) is 5.32 Å². The van der Waals surface area contributed by atoms with Crippen molar-refractivity contribution >= 4 is 40.3 Å². The molecule has 41 heavy (non-hydrogen) atoms. The lowest BCUT2D eigenvalue weighted by Crippen LogP contribution is -2.47. The first-order chi connectivity index (χ1) is 19.4. The number of rotatable bonds is 5. The Bertz CT molecular complexity index is 1470. The first kappa shape index (κ1) is 29.8. The van der Waals surface area contributed by atoms with Crippen LogP contribution < -0.4 is 25.2 Å². The van der Waals surface area contributed by atoms with Crippen LogP contribution in [0.15, 0.2) is 24.3 Å². The minimum Gasteiger partial charge on any atom is -0.491 e. The Morgan fingerprint density at radius 2 is 1.17 bits per heavy atom. The van der Waals surface area contributed by atoms with E-state index in [2.05, 4.69) is 10.1 Å². The van der Waals surface area contributed by atoms with Crippen molar-refractivity contribution in [1.29, 1.82) is 0 Å². The van der Waals surface area contributed by atoms with Crippen LogP contribution in [-0.2, 0) is 0 Å². The molecular weight excluding hydrogens is 591 g/mol. The van der Waals surface area contributed by atoms with Crippen molar-refractivity contribution in [2.45, 2.75) is 0 Å². The van der Waals surface area contributed by atoms with Crippen molar-refractivity contribution in [2.24, 2.45) is 0 Å². The molecule has 1 heterocycles. The summed E-state index contributed by atoms with van der Waals surface area (Å²) in [4.78, 5) is 15.1. The van der Waals surface area contributed by atoms with Crippen LogP contribution in [0, 0.1) is 52.4 Å². The number of carbonyl (C=O) groups excluding carboxylic acids is 1. The van der Waals surface area contributed by atoms with Gasteiger partial charge in [0.2, 0.25) is 17.5 Å². The van der Waals surface area contributed by atoms with E-state index in [0.717, 1.165) is 12.0 Å². The number of benzene rings is 3. The molecule has 4 rings (SSSR count). The maximum absolute atomic E-state index is 14.2. The number of halogens is 9. The Labute approximate surface area is 231 Å². The summed E-state index contributed by atoms with van der Waals surface area (Å²) in [6, 6.07) is 6.12. The van der Waals surface area contributed by atoms with Gasteiger partial charge in [0.05, 0.1) is 7.11 Å². The fraction of sp³-hybridized carbons (Fsp3) is 0.200. The van der Waals surface area contributed by atoms with Crippen molar-refractivity contribution in [1.82, 2.24) is 5.32 Å². The number of nitrogens with one attached hydrogen (secondary N) is 2. The molecule has 0 aromatic heterocycles. The van der Waals surface area contributed by atoms with Crippen molar-refractivity contribution in [3.05, 3.63) is 82.2 Å². The molecule has 1 aliphatic rings. The second-order valence-corrected chi connectivity index (χ2v) is 8.92. The summed E-state index contributed by atoms with van der Waals surface area (Å²) in [6.45, 7) is 0.196. The van der Waals surface area contributed by atoms with Crippen molar-refractivity contribution in [3.8, 4) is 5.75 Å². The Hall–Kier alpha value is -4.21. The molecule has 1 saturated heterocycles. The van der Waals surface area contributed by atoms with Crippen molar-refractivity contribution < 1.29 is 49.0 Å². The quantitative estimate of drug-likeness (QED) is 0.175. The Morgan fingerprint density at radius 1 is 0.707 bits per heavy atom. The lowest BCUT2D eigenvalue weighted by Gasteiger charge is -2.37. The highest BCUT2D eigenvalue weighted by atomic mass is 32.1. The number of nitrogens with zero attached hydrogens (tertiary/aromatic N) is 2. The minimum absolute atomic E-state index is 0.0614. The molecule has 3 aromatic rings. The number of ether oxygens (including phenoxy) is 1. The third kappa shape index (κ3) is 5.55. The molecule has 218 valence electrons. The monoisotopic (exact) mass is 608 g/mol. The smallest absolute Gasteiger partial charge is 0.263 e. The summed E-state index contributed by atoms with van der Waals surface area (Å²) >= 11 is 4.92. The number of hydrogen-bond acceptors (Lipinski definition) is 5. The summed E-state index contributed by atoms with van der Waals surface area (Å²) in [6.07, 6.45) is 0. The lowest BCUT2D eigenvalue weighted by atomic mass is 10.1. The summed E-state index contributed by atoms with van der Waals surface area (Å²) in [5, 5.41) is 4.00.